The molecule has 6 aromatic rings. The Morgan fingerprint density at radius 2 is 1.04 bits per heavy atom. The largest absolute Gasteiger partial charge is 0.674 e. The first-order valence-corrected chi connectivity index (χ1v) is 36.6. The Morgan fingerprint density at radius 3 is 1.38 bits per heavy atom. The number of hydrogen-bond donors (Lipinski definition) is 1. The molecular formula is C50H57AcF2N12O6P2S7-. The van der Waals surface area contributed by atoms with Gasteiger partial charge in [0.15, 0.2) is 0 Å². The van der Waals surface area contributed by atoms with E-state index < -0.39 is 27.2 Å². The van der Waals surface area contributed by atoms with Crippen LogP contribution in [0.15, 0.2) is 84.9 Å². The van der Waals surface area contributed by atoms with E-state index in [0.29, 0.717) is 67.0 Å². The SMILES string of the molecule is CC(=S)NCC1CN(c2ccc(N3CCN(c4nnc(C)s4)CC3)c(F)c2)C(=O)O1.COc1ccc(P2(=S)SP(=S)(c3ccc(OC)cc3)S2)cc1.Cc1nnc(N2CCN(c3ccc(N4CC(C[NH-])OC4=O)cc3F)CC2)s1.[Ac]. The predicted molar refractivity (Wildman–Crippen MR) is 331 cm³/mol. The fourth-order valence-electron chi connectivity index (χ4n) is 8.89. The zero-order valence-electron chi connectivity index (χ0n) is 44.2. The van der Waals surface area contributed by atoms with Crippen molar-refractivity contribution in [3.8, 4) is 11.5 Å². The summed E-state index contributed by atoms with van der Waals surface area (Å²) in [6.07, 6.45) is -1.79. The molecule has 5 saturated heterocycles. The van der Waals surface area contributed by atoms with E-state index in [1.165, 1.54) is 32.5 Å². The standard InChI is InChI=1S/C19H23FN6O2S2.C17H20FN6O2S.C14H14O2P2S4.Ac/c1-12(29)21-10-15-11-26(19(27)28-15)14-3-4-17(16(20)9-14)24-5-7-25(8-6-24)18-23-22-13(2)30-18;1-11-20-21-16(27-11)23-6-4-22(5-7-23)15-3-2-12(8-14(15)18)24-10-13(9-19)26-17(24)25;1-15-11-3-7-13(8-4-11)17(19)21-18(20,22-17)14-9-5-12(16-2)6-10-14;/h3-4,9,15H,5-8,10-11H2,1-2H3,(H,21,29);2-3,8,13,19H,4-7,9-10H2,1H3;3-10H,1-2H3;/q;-1;;. The number of benzene rings is 4. The average molecular weight is 1470 g/mol. The second-order valence-corrected chi connectivity index (χ2v) is 42.6. The van der Waals surface area contributed by atoms with Crippen LogP contribution in [0.5, 0.6) is 11.5 Å². The van der Waals surface area contributed by atoms with Gasteiger partial charge >= 0.3 is 12.2 Å². The molecule has 1 radical (unpaired) electrons. The van der Waals surface area contributed by atoms with Crippen molar-refractivity contribution >= 4 is 150 Å². The van der Waals surface area contributed by atoms with E-state index >= 15 is 0 Å². The van der Waals surface area contributed by atoms with E-state index in [2.05, 4.69) is 59.8 Å². The number of nitrogens with one attached hydrogen (secondary N) is 2. The number of amides is 2. The number of halogens is 2. The molecule has 5 fully saturated rings. The fourth-order valence-corrected chi connectivity index (χ4v) is 52.7. The van der Waals surface area contributed by atoms with Gasteiger partial charge in [0.2, 0.25) is 10.3 Å². The first-order chi connectivity index (χ1) is 37.9. The van der Waals surface area contributed by atoms with Gasteiger partial charge < -0.3 is 49.6 Å². The summed E-state index contributed by atoms with van der Waals surface area (Å²) in [5.41, 5.74) is 9.35. The Bertz CT molecular complexity index is 3170. The Balaban J connectivity index is 0.000000159. The number of cyclic esters (lactones) is 2. The molecule has 11 rings (SSSR count). The molecule has 2 N–H and O–H groups in total. The van der Waals surface area contributed by atoms with E-state index in [4.69, 9.17) is 60.5 Å². The molecule has 5 aliphatic heterocycles. The number of thiocarbonyl (C=S) groups is 1. The number of aromatic nitrogens is 4. The monoisotopic (exact) mass is 1470 g/mol. The van der Waals surface area contributed by atoms with Crippen molar-refractivity contribution in [1.82, 2.24) is 25.7 Å². The van der Waals surface area contributed by atoms with Gasteiger partial charge in [0.05, 0.1) is 70.5 Å². The maximum Gasteiger partial charge on any atom is 0.414 e. The molecule has 0 saturated carbocycles. The van der Waals surface area contributed by atoms with E-state index in [9.17, 15) is 18.4 Å². The van der Waals surface area contributed by atoms with Crippen molar-refractivity contribution in [2.75, 3.05) is 122 Å². The number of hydrogen-bond acceptors (Lipinski definition) is 21. The number of carbonyl (C=O) groups excluding carboxylic acids is 2. The number of aryl methyl sites for hydroxylation is 2. The third kappa shape index (κ3) is 15.1. The van der Waals surface area contributed by atoms with Gasteiger partial charge in [-0.3, -0.25) is 9.80 Å². The minimum atomic E-state index is -1.66. The molecule has 2 aromatic heterocycles. The number of rotatable bonds is 13. The quantitative estimate of drug-likeness (QED) is 0.0852. The van der Waals surface area contributed by atoms with Crippen LogP contribution < -0.4 is 54.8 Å². The second-order valence-electron chi connectivity index (χ2n) is 18.4. The van der Waals surface area contributed by atoms with Crippen LogP contribution in [0.25, 0.3) is 5.73 Å². The van der Waals surface area contributed by atoms with Crippen molar-refractivity contribution in [2.24, 2.45) is 0 Å². The molecule has 30 heteroatoms. The van der Waals surface area contributed by atoms with Crippen molar-refractivity contribution in [3.05, 3.63) is 112 Å². The van der Waals surface area contributed by atoms with Crippen LogP contribution in [-0.4, -0.2) is 143 Å². The van der Waals surface area contributed by atoms with Gasteiger partial charge in [-0.15, -0.1) is 26.9 Å². The molecule has 2 unspecified atom stereocenters. The number of methoxy groups -OCH3 is 2. The molecule has 2 atom stereocenters. The van der Waals surface area contributed by atoms with Gasteiger partial charge in [0.25, 0.3) is 0 Å². The third-order valence-corrected chi connectivity index (χ3v) is 46.2. The molecule has 5 aliphatic rings. The average Bonchev–Trinajstić information content (AvgIpc) is 4.37. The fraction of sp³-hybridized carbons (Fsp3) is 0.380. The van der Waals surface area contributed by atoms with Crippen LogP contribution in [0, 0.1) is 69.5 Å². The Labute approximate surface area is 530 Å². The molecule has 80 heavy (non-hydrogen) atoms. The summed E-state index contributed by atoms with van der Waals surface area (Å²) in [4.78, 5) is 35.9. The molecule has 2 amide bonds. The molecular weight excluding hydrogens is 1420 g/mol. The van der Waals surface area contributed by atoms with Gasteiger partial charge in [-0.25, -0.2) is 18.4 Å². The molecule has 18 nitrogen and oxygen atoms in total. The molecule has 7 heterocycles. The van der Waals surface area contributed by atoms with Crippen molar-refractivity contribution in [2.45, 2.75) is 33.0 Å². The van der Waals surface area contributed by atoms with E-state index in [-0.39, 0.29) is 74.9 Å². The maximum atomic E-state index is 14.9. The second kappa shape index (κ2) is 27.9. The third-order valence-electron chi connectivity index (χ3n) is 13.1. The van der Waals surface area contributed by atoms with Gasteiger partial charge in [-0.1, -0.05) is 80.5 Å². The Morgan fingerprint density at radius 1 is 0.650 bits per heavy atom. The van der Waals surface area contributed by atoms with Crippen LogP contribution in [-0.2, 0) is 33.1 Å². The number of carbonyl (C=O) groups is 2. The minimum Gasteiger partial charge on any atom is -0.674 e. The van der Waals surface area contributed by atoms with Gasteiger partial charge in [-0.2, -0.15) is 0 Å². The van der Waals surface area contributed by atoms with Crippen LogP contribution in [0.3, 0.4) is 0 Å². The normalized spacial score (nSPS) is 21.5. The van der Waals surface area contributed by atoms with Crippen molar-refractivity contribution in [1.29, 1.82) is 0 Å². The summed E-state index contributed by atoms with van der Waals surface area (Å²) in [5, 5.41) is 25.6. The Kier molecular flexibility index (Phi) is 21.8. The van der Waals surface area contributed by atoms with Crippen LogP contribution in [0.4, 0.5) is 51.4 Å². The number of anilines is 6. The molecule has 0 spiro atoms. The van der Waals surface area contributed by atoms with Crippen molar-refractivity contribution < 1.29 is 81.4 Å². The van der Waals surface area contributed by atoms with Crippen molar-refractivity contribution in [3.63, 3.8) is 0 Å². The molecule has 0 bridgehead atoms. The first-order valence-electron chi connectivity index (χ1n) is 24.9. The maximum absolute atomic E-state index is 14.9. The summed E-state index contributed by atoms with van der Waals surface area (Å²) in [5.74, 6) is 0.998. The summed E-state index contributed by atoms with van der Waals surface area (Å²) in [6, 6.07) is 25.9. The number of ether oxygens (including phenoxy) is 4. The van der Waals surface area contributed by atoms with E-state index in [1.54, 1.807) is 68.1 Å². The summed E-state index contributed by atoms with van der Waals surface area (Å²) in [6.45, 7) is 12.4. The van der Waals surface area contributed by atoms with E-state index in [0.717, 1.165) is 58.0 Å². The summed E-state index contributed by atoms with van der Waals surface area (Å²) < 4.78 is 47.1. The van der Waals surface area contributed by atoms with Gasteiger partial charge in [-0.05, 0) is 106 Å². The van der Waals surface area contributed by atoms with E-state index in [1.807, 2.05) is 69.9 Å². The minimum absolute atomic E-state index is 0. The molecule has 4 aromatic carbocycles. The number of nitrogens with zero attached hydrogens (tertiary/aromatic N) is 10. The summed E-state index contributed by atoms with van der Waals surface area (Å²) >= 11 is 23.6. The number of piperazine rings is 2. The van der Waals surface area contributed by atoms with Crippen LogP contribution in [0.1, 0.15) is 16.9 Å². The molecule has 423 valence electrons. The molecule has 0 aliphatic carbocycles. The summed E-state index contributed by atoms with van der Waals surface area (Å²) in [7, 11) is 3.34. The smallest absolute Gasteiger partial charge is 0.414 e. The van der Waals surface area contributed by atoms with Crippen LogP contribution >= 0.6 is 65.8 Å². The Hall–Kier alpha value is -3.51. The first kappa shape index (κ1) is 62.5. The van der Waals surface area contributed by atoms with Gasteiger partial charge in [0, 0.05) is 107 Å². The predicted octanol–water partition coefficient (Wildman–Crippen LogP) is 10.0. The zero-order chi connectivity index (χ0) is 56.0. The topological polar surface area (TPSA) is 178 Å². The van der Waals surface area contributed by atoms with Crippen LogP contribution in [0.2, 0.25) is 0 Å². The zero-order valence-corrected chi connectivity index (χ0v) is 56.5. The van der Waals surface area contributed by atoms with Gasteiger partial charge in [0.1, 0.15) is 45.4 Å².